The second kappa shape index (κ2) is 9.83. The average Bonchev–Trinajstić information content (AvgIpc) is 1.98. The Kier molecular flexibility index (Phi) is 12.0. The van der Waals surface area contributed by atoms with Gasteiger partial charge in [-0.2, -0.15) is 0 Å². The van der Waals surface area contributed by atoms with E-state index in [9.17, 15) is 0 Å². The Morgan fingerprint density at radius 2 is 2.00 bits per heavy atom. The number of halogens is 1. The zero-order valence-electron chi connectivity index (χ0n) is 7.81. The van der Waals surface area contributed by atoms with E-state index in [1.54, 1.807) is 0 Å². The van der Waals surface area contributed by atoms with Gasteiger partial charge in [0.25, 0.3) is 0 Å². The number of hydrogen-bond donors (Lipinski definition) is 1. The van der Waals surface area contributed by atoms with Crippen LogP contribution in [0.3, 0.4) is 0 Å². The summed E-state index contributed by atoms with van der Waals surface area (Å²) in [7, 11) is 0. The van der Waals surface area contributed by atoms with Gasteiger partial charge in [-0.15, -0.1) is 12.4 Å². The summed E-state index contributed by atoms with van der Waals surface area (Å²) in [6, 6.07) is 0. The predicted molar refractivity (Wildman–Crippen MR) is 54.2 cm³/mol. The van der Waals surface area contributed by atoms with E-state index in [0.29, 0.717) is 0 Å². The Bertz CT molecular complexity index is 99.7. The lowest BCUT2D eigenvalue weighted by atomic mass is 10.2. The van der Waals surface area contributed by atoms with E-state index >= 15 is 0 Å². The zero-order chi connectivity index (χ0) is 7.82. The number of rotatable bonds is 5. The van der Waals surface area contributed by atoms with Crippen molar-refractivity contribution in [2.75, 3.05) is 6.54 Å². The molecule has 0 heterocycles. The van der Waals surface area contributed by atoms with Crippen LogP contribution in [0.4, 0.5) is 0 Å². The fourth-order valence-electron chi connectivity index (χ4n) is 0.627. The summed E-state index contributed by atoms with van der Waals surface area (Å²) < 4.78 is 0. The van der Waals surface area contributed by atoms with Crippen LogP contribution in [0.2, 0.25) is 0 Å². The van der Waals surface area contributed by atoms with Crippen molar-refractivity contribution in [3.8, 4) is 0 Å². The molecule has 0 atom stereocenters. The highest BCUT2D eigenvalue weighted by Gasteiger charge is 1.82. The van der Waals surface area contributed by atoms with Gasteiger partial charge in [0.05, 0.1) is 0 Å². The fourth-order valence-corrected chi connectivity index (χ4v) is 0.627. The minimum atomic E-state index is 0. The highest BCUT2D eigenvalue weighted by atomic mass is 35.5. The van der Waals surface area contributed by atoms with Crippen molar-refractivity contribution in [3.63, 3.8) is 0 Å². The molecule has 0 spiro atoms. The van der Waals surface area contributed by atoms with Gasteiger partial charge in [-0.05, 0) is 26.0 Å². The highest BCUT2D eigenvalue weighted by molar-refractivity contribution is 5.85. The topological polar surface area (TPSA) is 12.0 Å². The summed E-state index contributed by atoms with van der Waals surface area (Å²) >= 11 is 0. The van der Waals surface area contributed by atoms with Gasteiger partial charge in [0.15, 0.2) is 0 Å². The van der Waals surface area contributed by atoms with E-state index in [-0.39, 0.29) is 12.4 Å². The lowest BCUT2D eigenvalue weighted by molar-refractivity contribution is 0.730. The summed E-state index contributed by atoms with van der Waals surface area (Å²) in [6.45, 7) is 7.65. The Labute approximate surface area is 76.7 Å². The van der Waals surface area contributed by atoms with Crippen LogP contribution in [-0.4, -0.2) is 6.54 Å². The third-order valence-corrected chi connectivity index (χ3v) is 1.58. The molecule has 11 heavy (non-hydrogen) atoms. The van der Waals surface area contributed by atoms with Crippen molar-refractivity contribution in [3.05, 3.63) is 11.8 Å². The molecule has 0 aliphatic carbocycles. The van der Waals surface area contributed by atoms with Gasteiger partial charge in [-0.25, -0.2) is 0 Å². The Balaban J connectivity index is 0. The van der Waals surface area contributed by atoms with E-state index in [1.807, 2.05) is 0 Å². The molecule has 2 heteroatoms. The molecule has 0 rings (SSSR count). The summed E-state index contributed by atoms with van der Waals surface area (Å²) in [5.74, 6) is 0. The molecule has 68 valence electrons. The molecule has 0 amide bonds. The monoisotopic (exact) mass is 177 g/mol. The van der Waals surface area contributed by atoms with Gasteiger partial charge in [0.2, 0.25) is 0 Å². The molecule has 0 bridgehead atoms. The quantitative estimate of drug-likeness (QED) is 0.637. The standard InChI is InChI=1S/C9H19N.ClH/c1-4-6-7-10-8-9(3)5-2;/h8,10H,4-7H2,1-3H3;1H/b9-8+;. The number of nitrogens with one attached hydrogen (secondary N) is 1. The smallest absolute Gasteiger partial charge is 0.0141 e. The van der Waals surface area contributed by atoms with Crippen molar-refractivity contribution in [2.45, 2.75) is 40.0 Å². The van der Waals surface area contributed by atoms with E-state index in [4.69, 9.17) is 0 Å². The largest absolute Gasteiger partial charge is 0.391 e. The molecular formula is C9H20ClN. The first-order chi connectivity index (χ1) is 4.81. The summed E-state index contributed by atoms with van der Waals surface area (Å²) in [6.07, 6.45) is 5.81. The van der Waals surface area contributed by atoms with E-state index in [0.717, 1.165) is 13.0 Å². The lowest BCUT2D eigenvalue weighted by Crippen LogP contribution is -2.06. The first-order valence-electron chi connectivity index (χ1n) is 4.20. The van der Waals surface area contributed by atoms with Crippen LogP contribution < -0.4 is 5.32 Å². The van der Waals surface area contributed by atoms with E-state index in [1.165, 1.54) is 18.4 Å². The molecule has 0 unspecified atom stereocenters. The zero-order valence-corrected chi connectivity index (χ0v) is 8.63. The second-order valence-electron chi connectivity index (χ2n) is 2.65. The summed E-state index contributed by atoms with van der Waals surface area (Å²) in [5, 5.41) is 3.27. The molecule has 0 aromatic heterocycles. The normalized spacial score (nSPS) is 10.6. The Morgan fingerprint density at radius 3 is 2.45 bits per heavy atom. The fraction of sp³-hybridized carbons (Fsp3) is 0.778. The molecule has 0 aromatic rings. The van der Waals surface area contributed by atoms with Crippen molar-refractivity contribution < 1.29 is 0 Å². The van der Waals surface area contributed by atoms with Crippen molar-refractivity contribution in [2.24, 2.45) is 0 Å². The van der Waals surface area contributed by atoms with Crippen LogP contribution in [0.15, 0.2) is 11.8 Å². The van der Waals surface area contributed by atoms with Gasteiger partial charge < -0.3 is 5.32 Å². The van der Waals surface area contributed by atoms with Gasteiger partial charge in [-0.1, -0.05) is 25.8 Å². The minimum absolute atomic E-state index is 0. The van der Waals surface area contributed by atoms with Crippen molar-refractivity contribution >= 4 is 12.4 Å². The molecule has 0 fully saturated rings. The lowest BCUT2D eigenvalue weighted by Gasteiger charge is -1.99. The van der Waals surface area contributed by atoms with Gasteiger partial charge >= 0.3 is 0 Å². The maximum absolute atomic E-state index is 3.27. The third-order valence-electron chi connectivity index (χ3n) is 1.58. The maximum Gasteiger partial charge on any atom is 0.0141 e. The molecule has 0 saturated heterocycles. The molecule has 0 aliphatic rings. The molecule has 0 aromatic carbocycles. The minimum Gasteiger partial charge on any atom is -0.391 e. The van der Waals surface area contributed by atoms with Crippen molar-refractivity contribution in [1.29, 1.82) is 0 Å². The van der Waals surface area contributed by atoms with Crippen LogP contribution in [0, 0.1) is 0 Å². The van der Waals surface area contributed by atoms with E-state index in [2.05, 4.69) is 32.3 Å². The summed E-state index contributed by atoms with van der Waals surface area (Å²) in [4.78, 5) is 0. The number of hydrogen-bond acceptors (Lipinski definition) is 1. The van der Waals surface area contributed by atoms with Crippen LogP contribution in [0.1, 0.15) is 40.0 Å². The first-order valence-corrected chi connectivity index (χ1v) is 4.20. The maximum atomic E-state index is 3.27. The molecule has 1 N–H and O–H groups in total. The molecule has 0 radical (unpaired) electrons. The third kappa shape index (κ3) is 9.83. The number of unbranched alkanes of at least 4 members (excludes halogenated alkanes) is 1. The van der Waals surface area contributed by atoms with Crippen LogP contribution in [0.5, 0.6) is 0 Å². The van der Waals surface area contributed by atoms with Gasteiger partial charge in [0.1, 0.15) is 0 Å². The Hall–Kier alpha value is -0.170. The van der Waals surface area contributed by atoms with Crippen LogP contribution in [-0.2, 0) is 0 Å². The van der Waals surface area contributed by atoms with E-state index < -0.39 is 0 Å². The van der Waals surface area contributed by atoms with Crippen LogP contribution >= 0.6 is 12.4 Å². The SMILES string of the molecule is CCCCN/C=C(\C)CC.Cl. The summed E-state index contributed by atoms with van der Waals surface area (Å²) in [5.41, 5.74) is 1.43. The molecule has 0 aliphatic heterocycles. The van der Waals surface area contributed by atoms with Gasteiger partial charge in [-0.3, -0.25) is 0 Å². The van der Waals surface area contributed by atoms with Gasteiger partial charge in [0, 0.05) is 6.54 Å². The molecule has 1 nitrogen and oxygen atoms in total. The van der Waals surface area contributed by atoms with Crippen molar-refractivity contribution in [1.82, 2.24) is 5.32 Å². The molecule has 0 saturated carbocycles. The first kappa shape index (κ1) is 13.4. The molecular weight excluding hydrogens is 158 g/mol. The van der Waals surface area contributed by atoms with Crippen LogP contribution in [0.25, 0.3) is 0 Å². The predicted octanol–water partition coefficient (Wildman–Crippen LogP) is 3.11. The highest BCUT2D eigenvalue weighted by Crippen LogP contribution is 1.94. The second-order valence-corrected chi connectivity index (χ2v) is 2.65. The Morgan fingerprint density at radius 1 is 1.36 bits per heavy atom. The number of allylic oxidation sites excluding steroid dienone is 1. The average molecular weight is 178 g/mol.